The van der Waals surface area contributed by atoms with E-state index in [-0.39, 0.29) is 29.7 Å². The van der Waals surface area contributed by atoms with E-state index in [1.165, 1.54) is 18.2 Å². The maximum Gasteiger partial charge on any atom is 0.586 e. The molecule has 4 nitrogen and oxygen atoms in total. The number of halogens is 2. The van der Waals surface area contributed by atoms with Crippen LogP contribution in [0.25, 0.3) is 0 Å². The van der Waals surface area contributed by atoms with Crippen molar-refractivity contribution < 1.29 is 23.0 Å². The Kier molecular flexibility index (Phi) is 3.21. The Morgan fingerprint density at radius 2 is 2.06 bits per heavy atom. The number of fused-ring (bicyclic) bond motifs is 1. The minimum atomic E-state index is -3.66. The number of carbonyl (C=O) groups excluding carboxylic acids is 1. The largest absolute Gasteiger partial charge is 0.586 e. The number of ether oxygens (including phenoxy) is 2. The summed E-state index contributed by atoms with van der Waals surface area (Å²) >= 11 is 0. The number of alkyl halides is 2. The van der Waals surface area contributed by atoms with Gasteiger partial charge in [0.25, 0.3) is 0 Å². The molecular formula is C12H13F2NO3. The summed E-state index contributed by atoms with van der Waals surface area (Å²) in [4.78, 5) is 12.0. The Labute approximate surface area is 103 Å². The normalized spacial score (nSPS) is 17.6. The highest BCUT2D eigenvalue weighted by atomic mass is 19.3. The van der Waals surface area contributed by atoms with Crippen molar-refractivity contribution in [1.82, 2.24) is 0 Å². The second-order valence-electron chi connectivity index (χ2n) is 4.03. The van der Waals surface area contributed by atoms with Gasteiger partial charge in [-0.1, -0.05) is 6.92 Å². The molecule has 1 unspecified atom stereocenters. The highest BCUT2D eigenvalue weighted by molar-refractivity contribution is 5.98. The first-order chi connectivity index (χ1) is 8.46. The van der Waals surface area contributed by atoms with Gasteiger partial charge >= 0.3 is 6.29 Å². The van der Waals surface area contributed by atoms with Crippen LogP contribution in [0.2, 0.25) is 0 Å². The molecule has 0 aliphatic carbocycles. The predicted octanol–water partition coefficient (Wildman–Crippen LogP) is 2.18. The molecule has 1 heterocycles. The van der Waals surface area contributed by atoms with E-state index >= 15 is 0 Å². The lowest BCUT2D eigenvalue weighted by molar-refractivity contribution is -0.286. The number of rotatable bonds is 4. The average molecular weight is 257 g/mol. The average Bonchev–Trinajstić information content (AvgIpc) is 2.63. The van der Waals surface area contributed by atoms with Crippen LogP contribution in [-0.4, -0.2) is 18.6 Å². The van der Waals surface area contributed by atoms with Crippen LogP contribution in [0, 0.1) is 5.92 Å². The molecule has 0 radical (unpaired) electrons. The molecule has 0 amide bonds. The molecule has 1 aliphatic heterocycles. The van der Waals surface area contributed by atoms with Gasteiger partial charge in [-0.2, -0.15) is 0 Å². The van der Waals surface area contributed by atoms with Gasteiger partial charge in [0.05, 0.1) is 0 Å². The van der Waals surface area contributed by atoms with Crippen molar-refractivity contribution in [3.63, 3.8) is 0 Å². The second-order valence-corrected chi connectivity index (χ2v) is 4.03. The molecule has 2 N–H and O–H groups in total. The zero-order valence-corrected chi connectivity index (χ0v) is 9.78. The quantitative estimate of drug-likeness (QED) is 0.840. The molecule has 1 atom stereocenters. The first-order valence-electron chi connectivity index (χ1n) is 5.61. The molecule has 18 heavy (non-hydrogen) atoms. The summed E-state index contributed by atoms with van der Waals surface area (Å²) in [6.45, 7) is 2.07. The van der Waals surface area contributed by atoms with E-state index in [0.717, 1.165) is 0 Å². The van der Waals surface area contributed by atoms with Crippen LogP contribution in [0.1, 0.15) is 23.7 Å². The van der Waals surface area contributed by atoms with Crippen LogP contribution in [0.5, 0.6) is 11.5 Å². The Morgan fingerprint density at radius 1 is 1.39 bits per heavy atom. The third kappa shape index (κ3) is 2.28. The van der Waals surface area contributed by atoms with Crippen molar-refractivity contribution in [2.24, 2.45) is 11.7 Å². The maximum atomic E-state index is 12.8. The summed E-state index contributed by atoms with van der Waals surface area (Å²) in [5, 5.41) is 0. The number of ketones is 1. The molecule has 0 aromatic heterocycles. The van der Waals surface area contributed by atoms with E-state index in [2.05, 4.69) is 9.47 Å². The van der Waals surface area contributed by atoms with Gasteiger partial charge in [-0.05, 0) is 24.6 Å². The third-order valence-corrected chi connectivity index (χ3v) is 2.83. The van der Waals surface area contributed by atoms with E-state index < -0.39 is 6.29 Å². The summed E-state index contributed by atoms with van der Waals surface area (Å²) in [6.07, 6.45) is -3.07. The molecule has 1 aromatic carbocycles. The van der Waals surface area contributed by atoms with Crippen molar-refractivity contribution in [1.29, 1.82) is 0 Å². The topological polar surface area (TPSA) is 61.6 Å². The van der Waals surface area contributed by atoms with Crippen molar-refractivity contribution in [3.8, 4) is 11.5 Å². The first kappa shape index (κ1) is 12.8. The molecule has 0 bridgehead atoms. The highest BCUT2D eigenvalue weighted by Gasteiger charge is 2.43. The summed E-state index contributed by atoms with van der Waals surface area (Å²) in [6, 6.07) is 3.99. The van der Waals surface area contributed by atoms with E-state index in [0.29, 0.717) is 12.0 Å². The molecule has 0 spiro atoms. The van der Waals surface area contributed by atoms with Gasteiger partial charge in [-0.3, -0.25) is 4.79 Å². The number of hydrogen-bond acceptors (Lipinski definition) is 4. The fourth-order valence-corrected chi connectivity index (χ4v) is 1.80. The predicted molar refractivity (Wildman–Crippen MR) is 59.8 cm³/mol. The summed E-state index contributed by atoms with van der Waals surface area (Å²) in [5.41, 5.74) is 5.78. The monoisotopic (exact) mass is 257 g/mol. The summed E-state index contributed by atoms with van der Waals surface area (Å²) in [5.74, 6) is -0.692. The van der Waals surface area contributed by atoms with E-state index in [1.54, 1.807) is 0 Å². The van der Waals surface area contributed by atoms with Gasteiger partial charge < -0.3 is 15.2 Å². The molecule has 2 rings (SSSR count). The van der Waals surface area contributed by atoms with Crippen LogP contribution in [0.15, 0.2) is 18.2 Å². The number of Topliss-reactive ketones (excluding diaryl/α,β-unsaturated/α-hetero) is 1. The molecule has 1 aliphatic rings. The van der Waals surface area contributed by atoms with Gasteiger partial charge in [0, 0.05) is 18.0 Å². The van der Waals surface area contributed by atoms with Gasteiger partial charge in [0.1, 0.15) is 0 Å². The Bertz CT molecular complexity index is 472. The number of carbonyl (C=O) groups is 1. The minimum absolute atomic E-state index is 0.0719. The van der Waals surface area contributed by atoms with Crippen molar-refractivity contribution >= 4 is 5.78 Å². The molecule has 0 saturated heterocycles. The minimum Gasteiger partial charge on any atom is -0.395 e. The molecule has 1 aromatic rings. The van der Waals surface area contributed by atoms with Crippen molar-refractivity contribution in [2.45, 2.75) is 19.6 Å². The number of nitrogens with two attached hydrogens (primary N) is 1. The molecular weight excluding hydrogens is 244 g/mol. The Morgan fingerprint density at radius 3 is 2.67 bits per heavy atom. The second kappa shape index (κ2) is 4.53. The molecule has 0 saturated carbocycles. The fraction of sp³-hybridized carbons (Fsp3) is 0.417. The molecule has 0 fully saturated rings. The first-order valence-corrected chi connectivity index (χ1v) is 5.61. The van der Waals surface area contributed by atoms with E-state index in [1.807, 2.05) is 6.92 Å². The van der Waals surface area contributed by atoms with Crippen LogP contribution in [0.4, 0.5) is 8.78 Å². The lowest BCUT2D eigenvalue weighted by atomic mass is 9.95. The van der Waals surface area contributed by atoms with Gasteiger partial charge in [0.2, 0.25) is 0 Å². The SMILES string of the molecule is CCC(CN)C(=O)c1ccc2c(c1)OC(F)(F)O2. The summed E-state index contributed by atoms with van der Waals surface area (Å²) < 4.78 is 34.2. The van der Waals surface area contributed by atoms with Gasteiger partial charge in [-0.25, -0.2) is 0 Å². The van der Waals surface area contributed by atoms with E-state index in [9.17, 15) is 13.6 Å². The van der Waals surface area contributed by atoms with Crippen LogP contribution in [0.3, 0.4) is 0 Å². The van der Waals surface area contributed by atoms with Crippen LogP contribution < -0.4 is 15.2 Å². The summed E-state index contributed by atoms with van der Waals surface area (Å²) in [7, 11) is 0. The number of benzene rings is 1. The zero-order chi connectivity index (χ0) is 13.3. The van der Waals surface area contributed by atoms with E-state index in [4.69, 9.17) is 5.73 Å². The lowest BCUT2D eigenvalue weighted by Crippen LogP contribution is -2.26. The zero-order valence-electron chi connectivity index (χ0n) is 9.78. The lowest BCUT2D eigenvalue weighted by Gasteiger charge is -2.10. The van der Waals surface area contributed by atoms with Crippen molar-refractivity contribution in [3.05, 3.63) is 23.8 Å². The van der Waals surface area contributed by atoms with Crippen LogP contribution in [-0.2, 0) is 0 Å². The van der Waals surface area contributed by atoms with Crippen molar-refractivity contribution in [2.75, 3.05) is 6.54 Å². The van der Waals surface area contributed by atoms with Gasteiger partial charge in [0.15, 0.2) is 17.3 Å². The third-order valence-electron chi connectivity index (χ3n) is 2.83. The standard InChI is InChI=1S/C12H13F2NO3/c1-2-7(6-15)11(16)8-3-4-9-10(5-8)18-12(13,14)17-9/h3-5,7H,2,6,15H2,1H3. The fourth-order valence-electron chi connectivity index (χ4n) is 1.80. The highest BCUT2D eigenvalue weighted by Crippen LogP contribution is 2.41. The smallest absolute Gasteiger partial charge is 0.395 e. The molecule has 98 valence electrons. The molecule has 6 heteroatoms. The Hall–Kier alpha value is -1.69. The maximum absolute atomic E-state index is 12.8. The Balaban J connectivity index is 2.26. The van der Waals surface area contributed by atoms with Gasteiger partial charge in [-0.15, -0.1) is 8.78 Å². The van der Waals surface area contributed by atoms with Crippen LogP contribution >= 0.6 is 0 Å². The number of hydrogen-bond donors (Lipinski definition) is 1.